The zero-order valence-electron chi connectivity index (χ0n) is 26.3. The summed E-state index contributed by atoms with van der Waals surface area (Å²) in [5.74, 6) is -0.341. The smallest absolute Gasteiger partial charge is 0.312 e. The van der Waals surface area contributed by atoms with Gasteiger partial charge in [-0.1, -0.05) is 0 Å². The minimum atomic E-state index is -0.897. The first-order valence-electron chi connectivity index (χ1n) is 14.2. The van der Waals surface area contributed by atoms with E-state index in [2.05, 4.69) is 79.3 Å². The molecule has 10 nitrogen and oxygen atoms in total. The van der Waals surface area contributed by atoms with Crippen molar-refractivity contribution >= 4 is 23.9 Å². The molecule has 4 rings (SSSR count). The summed E-state index contributed by atoms with van der Waals surface area (Å²) < 4.78 is 0. The van der Waals surface area contributed by atoms with Crippen LogP contribution in [0.3, 0.4) is 0 Å². The Bertz CT molecular complexity index is 975. The average Bonchev–Trinajstić information content (AvgIpc) is 3.06. The molecule has 2 spiro atoms. The summed E-state index contributed by atoms with van der Waals surface area (Å²) in [6.45, 7) is 17.3. The molecular weight excluding hydrogens is 496 g/mol. The van der Waals surface area contributed by atoms with Crippen LogP contribution in [0, 0.1) is 0 Å². The SMILES string of the molecule is CN1C(C)(C)CC2(CC1(C)C)C(=O)N(CCCN1C(=O)N(C)C3(CC(C)(C)N(C)C(C)(C)C3)C1=O)C(=O)N2C. The molecule has 6 amide bonds. The Labute approximate surface area is 234 Å². The molecule has 0 N–H and O–H groups in total. The van der Waals surface area contributed by atoms with E-state index < -0.39 is 11.1 Å². The third kappa shape index (κ3) is 4.11. The molecule has 10 heteroatoms. The minimum absolute atomic E-state index is 0.171. The largest absolute Gasteiger partial charge is 0.327 e. The van der Waals surface area contributed by atoms with E-state index in [1.807, 2.05) is 0 Å². The number of hydrogen-bond acceptors (Lipinski definition) is 6. The third-order valence-electron chi connectivity index (χ3n) is 10.9. The number of carbonyl (C=O) groups excluding carboxylic acids is 4. The number of urea groups is 2. The van der Waals surface area contributed by atoms with E-state index in [1.165, 1.54) is 9.80 Å². The lowest BCUT2D eigenvalue weighted by Gasteiger charge is -2.57. The van der Waals surface area contributed by atoms with Gasteiger partial charge in [-0.2, -0.15) is 0 Å². The first-order chi connectivity index (χ1) is 17.6. The van der Waals surface area contributed by atoms with Crippen LogP contribution in [0.2, 0.25) is 0 Å². The molecule has 0 aromatic heterocycles. The maximum Gasteiger partial charge on any atom is 0.327 e. The predicted molar refractivity (Wildman–Crippen MR) is 150 cm³/mol. The highest BCUT2D eigenvalue weighted by molar-refractivity contribution is 6.08. The number of amides is 6. The second kappa shape index (κ2) is 8.65. The molecule has 39 heavy (non-hydrogen) atoms. The molecule has 4 aliphatic heterocycles. The van der Waals surface area contributed by atoms with Crippen LogP contribution in [-0.2, 0) is 9.59 Å². The van der Waals surface area contributed by atoms with E-state index in [4.69, 9.17) is 0 Å². The topological polar surface area (TPSA) is 87.7 Å². The summed E-state index contributed by atoms with van der Waals surface area (Å²) in [7, 11) is 7.61. The Morgan fingerprint density at radius 3 is 1.03 bits per heavy atom. The summed E-state index contributed by atoms with van der Waals surface area (Å²) in [5.41, 5.74) is -2.89. The minimum Gasteiger partial charge on any atom is -0.312 e. The van der Waals surface area contributed by atoms with Crippen molar-refractivity contribution in [2.45, 2.75) is 121 Å². The van der Waals surface area contributed by atoms with E-state index in [1.54, 1.807) is 23.9 Å². The van der Waals surface area contributed by atoms with Gasteiger partial charge in [-0.05, 0) is 102 Å². The number of likely N-dealkylation sites (N-methyl/N-ethyl adjacent to an activating group) is 2. The molecule has 0 atom stereocenters. The van der Waals surface area contributed by atoms with Crippen LogP contribution in [0.25, 0.3) is 0 Å². The Balaban J connectivity index is 1.50. The van der Waals surface area contributed by atoms with Crippen molar-refractivity contribution in [2.24, 2.45) is 0 Å². The number of piperidine rings is 2. The summed E-state index contributed by atoms with van der Waals surface area (Å²) in [6.07, 6.45) is 2.55. The molecule has 0 saturated carbocycles. The van der Waals surface area contributed by atoms with Gasteiger partial charge >= 0.3 is 12.1 Å². The molecule has 0 radical (unpaired) electrons. The van der Waals surface area contributed by atoms with Crippen LogP contribution in [-0.4, -0.2) is 128 Å². The zero-order chi connectivity index (χ0) is 29.7. The third-order valence-corrected chi connectivity index (χ3v) is 10.9. The number of hydrogen-bond donors (Lipinski definition) is 0. The maximum absolute atomic E-state index is 13.9. The lowest BCUT2D eigenvalue weighted by atomic mass is 9.68. The summed E-state index contributed by atoms with van der Waals surface area (Å²) in [6, 6.07) is -0.606. The van der Waals surface area contributed by atoms with E-state index in [0.29, 0.717) is 32.1 Å². The van der Waals surface area contributed by atoms with Crippen molar-refractivity contribution in [2.75, 3.05) is 41.3 Å². The Morgan fingerprint density at radius 2 is 0.769 bits per heavy atom. The number of carbonyl (C=O) groups is 4. The van der Waals surface area contributed by atoms with Gasteiger partial charge in [-0.15, -0.1) is 0 Å². The number of nitrogens with zero attached hydrogens (tertiary/aromatic N) is 6. The first kappa shape index (κ1) is 29.8. The summed E-state index contributed by atoms with van der Waals surface area (Å²) in [5, 5.41) is 0. The fourth-order valence-electron chi connectivity index (χ4n) is 8.35. The molecule has 220 valence electrons. The second-order valence-electron chi connectivity index (χ2n) is 15.1. The van der Waals surface area contributed by atoms with Crippen LogP contribution in [0.15, 0.2) is 0 Å². The summed E-state index contributed by atoms with van der Waals surface area (Å²) >= 11 is 0. The van der Waals surface area contributed by atoms with Crippen LogP contribution in [0.5, 0.6) is 0 Å². The highest BCUT2D eigenvalue weighted by atomic mass is 16.2. The lowest BCUT2D eigenvalue weighted by molar-refractivity contribution is -0.144. The van der Waals surface area contributed by atoms with Crippen molar-refractivity contribution in [3.8, 4) is 0 Å². The van der Waals surface area contributed by atoms with Gasteiger partial charge in [0.15, 0.2) is 0 Å². The molecule has 4 aliphatic rings. The second-order valence-corrected chi connectivity index (χ2v) is 15.1. The Morgan fingerprint density at radius 1 is 0.513 bits per heavy atom. The molecule has 0 aromatic carbocycles. The normalized spacial score (nSPS) is 29.4. The average molecular weight is 547 g/mol. The van der Waals surface area contributed by atoms with Crippen LogP contribution < -0.4 is 0 Å². The molecule has 4 fully saturated rings. The van der Waals surface area contributed by atoms with Crippen molar-refractivity contribution < 1.29 is 19.2 Å². The van der Waals surface area contributed by atoms with Gasteiger partial charge in [0.2, 0.25) is 0 Å². The highest BCUT2D eigenvalue weighted by Crippen LogP contribution is 2.50. The van der Waals surface area contributed by atoms with Gasteiger partial charge in [0, 0.05) is 49.3 Å². The van der Waals surface area contributed by atoms with Crippen molar-refractivity contribution in [3.05, 3.63) is 0 Å². The van der Waals surface area contributed by atoms with Crippen molar-refractivity contribution in [1.82, 2.24) is 29.4 Å². The fourth-order valence-corrected chi connectivity index (χ4v) is 8.35. The van der Waals surface area contributed by atoms with Crippen LogP contribution >= 0.6 is 0 Å². The molecule has 4 saturated heterocycles. The van der Waals surface area contributed by atoms with Crippen molar-refractivity contribution in [1.29, 1.82) is 0 Å². The van der Waals surface area contributed by atoms with Gasteiger partial charge < -0.3 is 9.80 Å². The molecule has 0 unspecified atom stereocenters. The maximum atomic E-state index is 13.9. The van der Waals surface area contributed by atoms with E-state index in [9.17, 15) is 19.2 Å². The molecule has 4 heterocycles. The number of imide groups is 2. The fraction of sp³-hybridized carbons (Fsp3) is 0.862. The van der Waals surface area contributed by atoms with Crippen molar-refractivity contribution in [3.63, 3.8) is 0 Å². The van der Waals surface area contributed by atoms with Gasteiger partial charge in [-0.25, -0.2) is 9.59 Å². The van der Waals surface area contributed by atoms with E-state index in [0.717, 1.165) is 0 Å². The van der Waals surface area contributed by atoms with Gasteiger partial charge in [0.25, 0.3) is 11.8 Å². The van der Waals surface area contributed by atoms with Gasteiger partial charge in [0.05, 0.1) is 0 Å². The van der Waals surface area contributed by atoms with Gasteiger partial charge in [0.1, 0.15) is 11.1 Å². The standard InChI is InChI=1S/C29H50N6O4/c1-24(2)16-28(17-25(3,4)32(24)11)20(36)34(22(38)30(28)9)14-13-15-35-21(37)29(31(10)23(35)39)18-26(5,6)33(12)27(7,8)19-29/h13-19H2,1-12H3. The highest BCUT2D eigenvalue weighted by Gasteiger charge is 2.64. The molecular formula is C29H50N6O4. The van der Waals surface area contributed by atoms with E-state index >= 15 is 0 Å². The summed E-state index contributed by atoms with van der Waals surface area (Å²) in [4.78, 5) is 65.1. The van der Waals surface area contributed by atoms with E-state index in [-0.39, 0.29) is 59.1 Å². The quantitative estimate of drug-likeness (QED) is 0.504. The zero-order valence-corrected chi connectivity index (χ0v) is 26.3. The molecule has 0 bridgehead atoms. The lowest BCUT2D eigenvalue weighted by Crippen LogP contribution is -2.68. The predicted octanol–water partition coefficient (Wildman–Crippen LogP) is 3.21. The Hall–Kier alpha value is -2.20. The van der Waals surface area contributed by atoms with Crippen LogP contribution in [0.1, 0.15) is 87.5 Å². The number of likely N-dealkylation sites (tertiary alicyclic amines) is 2. The number of rotatable bonds is 4. The van der Waals surface area contributed by atoms with Crippen LogP contribution in [0.4, 0.5) is 9.59 Å². The molecule has 0 aliphatic carbocycles. The molecule has 0 aromatic rings. The Kier molecular flexibility index (Phi) is 6.60. The van der Waals surface area contributed by atoms with Gasteiger partial charge in [-0.3, -0.25) is 29.2 Å². The monoisotopic (exact) mass is 546 g/mol. The first-order valence-corrected chi connectivity index (χ1v) is 14.2.